The van der Waals surface area contributed by atoms with E-state index in [2.05, 4.69) is 10.6 Å². The van der Waals surface area contributed by atoms with E-state index in [4.69, 9.17) is 10.00 Å². The van der Waals surface area contributed by atoms with Gasteiger partial charge in [-0.15, -0.1) is 23.1 Å². The van der Waals surface area contributed by atoms with Crippen molar-refractivity contribution in [2.75, 3.05) is 28.7 Å². The van der Waals surface area contributed by atoms with Crippen LogP contribution in [0.25, 0.3) is 0 Å². The second-order valence-corrected chi connectivity index (χ2v) is 7.29. The molecular formula is C18H17N3O4S2. The summed E-state index contributed by atoms with van der Waals surface area (Å²) >= 11 is 2.31. The lowest BCUT2D eigenvalue weighted by Gasteiger charge is -2.06. The van der Waals surface area contributed by atoms with Crippen LogP contribution in [-0.4, -0.2) is 35.9 Å². The molecule has 0 aliphatic rings. The molecule has 7 nitrogen and oxygen atoms in total. The number of esters is 1. The van der Waals surface area contributed by atoms with Crippen molar-refractivity contribution in [1.82, 2.24) is 0 Å². The molecule has 2 rings (SSSR count). The number of nitrogens with one attached hydrogen (secondary N) is 2. The van der Waals surface area contributed by atoms with Crippen LogP contribution in [-0.2, 0) is 19.1 Å². The van der Waals surface area contributed by atoms with E-state index in [1.165, 1.54) is 11.3 Å². The number of thioether (sulfide) groups is 1. The molecule has 0 bridgehead atoms. The fraction of sp³-hybridized carbons (Fsp3) is 0.222. The van der Waals surface area contributed by atoms with E-state index in [1.807, 2.05) is 25.1 Å². The normalized spacial score (nSPS) is 9.93. The minimum absolute atomic E-state index is 0.0446. The number of amides is 2. The highest BCUT2D eigenvalue weighted by molar-refractivity contribution is 8.00. The Kier molecular flexibility index (Phi) is 7.85. The van der Waals surface area contributed by atoms with Gasteiger partial charge in [-0.25, -0.2) is 0 Å². The number of ether oxygens (including phenoxy) is 1. The average molecular weight is 403 g/mol. The van der Waals surface area contributed by atoms with Gasteiger partial charge in [-0.2, -0.15) is 5.26 Å². The van der Waals surface area contributed by atoms with Gasteiger partial charge < -0.3 is 15.4 Å². The van der Waals surface area contributed by atoms with Crippen LogP contribution >= 0.6 is 23.1 Å². The molecule has 0 aliphatic carbocycles. The van der Waals surface area contributed by atoms with Crippen molar-refractivity contribution < 1.29 is 19.1 Å². The Morgan fingerprint density at radius 3 is 2.56 bits per heavy atom. The van der Waals surface area contributed by atoms with E-state index in [1.54, 1.807) is 23.6 Å². The van der Waals surface area contributed by atoms with Crippen LogP contribution in [0, 0.1) is 18.3 Å². The van der Waals surface area contributed by atoms with Crippen LogP contribution in [0.2, 0.25) is 0 Å². The van der Waals surface area contributed by atoms with E-state index in [0.29, 0.717) is 16.3 Å². The first kappa shape index (κ1) is 20.5. The molecule has 0 fully saturated rings. The molecule has 1 heterocycles. The van der Waals surface area contributed by atoms with E-state index in [9.17, 15) is 14.4 Å². The van der Waals surface area contributed by atoms with Crippen molar-refractivity contribution in [3.8, 4) is 6.07 Å². The number of carbonyl (C=O) groups is 3. The van der Waals surface area contributed by atoms with E-state index in [-0.39, 0.29) is 17.4 Å². The number of carbonyl (C=O) groups excluding carboxylic acids is 3. The van der Waals surface area contributed by atoms with Crippen molar-refractivity contribution in [3.63, 3.8) is 0 Å². The highest BCUT2D eigenvalue weighted by Gasteiger charge is 2.12. The van der Waals surface area contributed by atoms with Crippen LogP contribution in [0.5, 0.6) is 0 Å². The van der Waals surface area contributed by atoms with E-state index < -0.39 is 18.5 Å². The Labute approximate surface area is 164 Å². The van der Waals surface area contributed by atoms with Gasteiger partial charge in [-0.3, -0.25) is 14.4 Å². The average Bonchev–Trinajstić information content (AvgIpc) is 3.09. The lowest BCUT2D eigenvalue weighted by atomic mass is 10.2. The quantitative estimate of drug-likeness (QED) is 0.656. The van der Waals surface area contributed by atoms with Gasteiger partial charge in [-0.1, -0.05) is 17.7 Å². The second kappa shape index (κ2) is 10.4. The third-order valence-corrected chi connectivity index (χ3v) is 4.93. The van der Waals surface area contributed by atoms with Crippen LogP contribution < -0.4 is 10.6 Å². The topological polar surface area (TPSA) is 108 Å². The Balaban J connectivity index is 1.63. The van der Waals surface area contributed by atoms with Gasteiger partial charge in [-0.05, 0) is 30.5 Å². The number of rotatable bonds is 8. The Morgan fingerprint density at radius 2 is 1.85 bits per heavy atom. The molecule has 2 aromatic rings. The molecule has 2 N–H and O–H groups in total. The maximum absolute atomic E-state index is 11.8. The molecule has 2 amide bonds. The summed E-state index contributed by atoms with van der Waals surface area (Å²) in [5, 5.41) is 16.2. The number of hydrogen-bond acceptors (Lipinski definition) is 7. The SMILES string of the molecule is Cc1ccc(NC(=O)CSCC(=O)OCC(=O)Nc2sccc2C#N)cc1. The molecule has 1 aromatic heterocycles. The summed E-state index contributed by atoms with van der Waals surface area (Å²) in [6.45, 7) is 1.51. The number of benzene rings is 1. The van der Waals surface area contributed by atoms with Crippen molar-refractivity contribution in [2.45, 2.75) is 6.92 Å². The zero-order chi connectivity index (χ0) is 19.6. The van der Waals surface area contributed by atoms with Gasteiger partial charge in [0.25, 0.3) is 5.91 Å². The predicted molar refractivity (Wildman–Crippen MR) is 106 cm³/mol. The number of nitriles is 1. The molecule has 0 saturated carbocycles. The van der Waals surface area contributed by atoms with Gasteiger partial charge in [0.1, 0.15) is 11.1 Å². The standard InChI is InChI=1S/C18H17N3O4S2/c1-12-2-4-14(5-3-12)20-16(23)10-26-11-17(24)25-9-15(22)21-18-13(8-19)6-7-27-18/h2-7H,9-11H2,1H3,(H,20,23)(H,21,22). The van der Waals surface area contributed by atoms with Crippen molar-refractivity contribution in [3.05, 3.63) is 46.8 Å². The number of hydrogen-bond donors (Lipinski definition) is 2. The minimum Gasteiger partial charge on any atom is -0.455 e. The monoisotopic (exact) mass is 403 g/mol. The number of thiophene rings is 1. The lowest BCUT2D eigenvalue weighted by Crippen LogP contribution is -2.22. The van der Waals surface area contributed by atoms with Crippen molar-refractivity contribution in [2.24, 2.45) is 0 Å². The molecule has 0 atom stereocenters. The number of anilines is 2. The summed E-state index contributed by atoms with van der Waals surface area (Å²) in [5.41, 5.74) is 2.14. The first-order valence-corrected chi connectivity index (χ1v) is 9.88. The van der Waals surface area contributed by atoms with Crippen LogP contribution in [0.4, 0.5) is 10.7 Å². The molecule has 1 aromatic carbocycles. The minimum atomic E-state index is -0.593. The maximum atomic E-state index is 11.8. The maximum Gasteiger partial charge on any atom is 0.316 e. The van der Waals surface area contributed by atoms with Crippen LogP contribution in [0.15, 0.2) is 35.7 Å². The van der Waals surface area contributed by atoms with Crippen molar-refractivity contribution in [1.29, 1.82) is 5.26 Å². The third kappa shape index (κ3) is 7.13. The molecule has 140 valence electrons. The van der Waals surface area contributed by atoms with Gasteiger partial charge >= 0.3 is 5.97 Å². The molecular weight excluding hydrogens is 386 g/mol. The largest absolute Gasteiger partial charge is 0.455 e. The zero-order valence-corrected chi connectivity index (χ0v) is 16.1. The Hall–Kier alpha value is -2.83. The number of nitrogens with zero attached hydrogens (tertiary/aromatic N) is 1. The Morgan fingerprint density at radius 1 is 1.11 bits per heavy atom. The van der Waals surface area contributed by atoms with Crippen molar-refractivity contribution >= 4 is 51.6 Å². The summed E-state index contributed by atoms with van der Waals surface area (Å²) < 4.78 is 4.86. The van der Waals surface area contributed by atoms with Gasteiger partial charge in [0.15, 0.2) is 6.61 Å². The molecule has 0 radical (unpaired) electrons. The third-order valence-electron chi connectivity index (χ3n) is 3.19. The summed E-state index contributed by atoms with van der Waals surface area (Å²) in [5.74, 6) is -1.29. The van der Waals surface area contributed by atoms with Gasteiger partial charge in [0.2, 0.25) is 5.91 Å². The fourth-order valence-electron chi connectivity index (χ4n) is 1.91. The smallest absolute Gasteiger partial charge is 0.316 e. The molecule has 0 unspecified atom stereocenters. The molecule has 0 spiro atoms. The zero-order valence-electron chi connectivity index (χ0n) is 14.5. The van der Waals surface area contributed by atoms with E-state index >= 15 is 0 Å². The summed E-state index contributed by atoms with van der Waals surface area (Å²) in [6.07, 6.45) is 0. The molecule has 9 heteroatoms. The molecule has 27 heavy (non-hydrogen) atoms. The highest BCUT2D eigenvalue weighted by atomic mass is 32.2. The molecule has 0 aliphatic heterocycles. The highest BCUT2D eigenvalue weighted by Crippen LogP contribution is 2.21. The number of aryl methyl sites for hydroxylation is 1. The molecule has 0 saturated heterocycles. The summed E-state index contributed by atoms with van der Waals surface area (Å²) in [6, 6.07) is 10.9. The first-order chi connectivity index (χ1) is 13.0. The summed E-state index contributed by atoms with van der Waals surface area (Å²) in [7, 11) is 0. The summed E-state index contributed by atoms with van der Waals surface area (Å²) in [4.78, 5) is 35.2. The lowest BCUT2D eigenvalue weighted by molar-refractivity contribution is -0.144. The van der Waals surface area contributed by atoms with Crippen LogP contribution in [0.1, 0.15) is 11.1 Å². The van der Waals surface area contributed by atoms with Gasteiger partial charge in [0.05, 0.1) is 17.1 Å². The second-order valence-electron chi connectivity index (χ2n) is 5.39. The Bertz CT molecular complexity index is 856. The fourth-order valence-corrected chi connectivity index (χ4v) is 3.27. The van der Waals surface area contributed by atoms with Crippen LogP contribution in [0.3, 0.4) is 0 Å². The predicted octanol–water partition coefficient (Wildman–Crippen LogP) is 2.78. The first-order valence-electron chi connectivity index (χ1n) is 7.85. The van der Waals surface area contributed by atoms with Gasteiger partial charge in [0, 0.05) is 5.69 Å². The van der Waals surface area contributed by atoms with E-state index in [0.717, 1.165) is 17.3 Å².